The van der Waals surface area contributed by atoms with Crippen LogP contribution in [-0.4, -0.2) is 40.5 Å². The molecule has 0 aromatic heterocycles. The highest BCUT2D eigenvalue weighted by molar-refractivity contribution is 8.93. The van der Waals surface area contributed by atoms with E-state index in [2.05, 4.69) is 32.6 Å². The van der Waals surface area contributed by atoms with Gasteiger partial charge in [-0.3, -0.25) is 4.57 Å². The van der Waals surface area contributed by atoms with E-state index < -0.39 is 7.60 Å². The molecule has 0 aliphatic carbocycles. The summed E-state index contributed by atoms with van der Waals surface area (Å²) in [5.41, 5.74) is 0. The topological polar surface area (TPSA) is 60.8 Å². The summed E-state index contributed by atoms with van der Waals surface area (Å²) in [5.74, 6) is 0. The average molecular weight is 432 g/mol. The van der Waals surface area contributed by atoms with E-state index in [-0.39, 0.29) is 23.1 Å². The van der Waals surface area contributed by atoms with Crippen molar-refractivity contribution in [2.45, 2.75) is 91.9 Å². The van der Waals surface area contributed by atoms with Gasteiger partial charge < -0.3 is 14.7 Å². The van der Waals surface area contributed by atoms with Gasteiger partial charge in [0.25, 0.3) is 0 Å². The van der Waals surface area contributed by atoms with Crippen LogP contribution in [0.1, 0.15) is 91.9 Å². The number of halogens is 1. The van der Waals surface area contributed by atoms with E-state index in [1.54, 1.807) is 0 Å². The van der Waals surface area contributed by atoms with Crippen molar-refractivity contribution in [1.29, 1.82) is 0 Å². The zero-order valence-corrected chi connectivity index (χ0v) is 19.1. The second-order valence-electron chi connectivity index (χ2n) is 6.19. The van der Waals surface area contributed by atoms with Gasteiger partial charge in [0, 0.05) is 6.16 Å². The fourth-order valence-electron chi connectivity index (χ4n) is 2.48. The van der Waals surface area contributed by atoms with Crippen molar-refractivity contribution in [1.82, 2.24) is 4.90 Å². The van der Waals surface area contributed by atoms with E-state index in [1.807, 2.05) is 0 Å². The Morgan fingerprint density at radius 3 is 1.25 bits per heavy atom. The Bertz CT molecular complexity index is 265. The maximum Gasteiger partial charge on any atom is 0.325 e. The molecule has 0 radical (unpaired) electrons. The molecule has 24 heavy (non-hydrogen) atoms. The molecule has 0 atom stereocenters. The number of rotatable bonds is 14. The molecule has 4 nitrogen and oxygen atoms in total. The van der Waals surface area contributed by atoms with Crippen molar-refractivity contribution in [2.24, 2.45) is 0 Å². The Morgan fingerprint density at radius 1 is 0.667 bits per heavy atom. The van der Waals surface area contributed by atoms with Gasteiger partial charge in [0.05, 0.1) is 0 Å². The number of hydrogen-bond donors (Lipinski definition) is 2. The van der Waals surface area contributed by atoms with Crippen molar-refractivity contribution in [3.63, 3.8) is 0 Å². The minimum Gasteiger partial charge on any atom is -0.324 e. The van der Waals surface area contributed by atoms with Crippen molar-refractivity contribution in [2.75, 3.05) is 25.8 Å². The fourth-order valence-corrected chi connectivity index (χ4v) is 3.11. The summed E-state index contributed by atoms with van der Waals surface area (Å²) in [6.45, 7) is 12.3. The van der Waals surface area contributed by atoms with Crippen LogP contribution in [0.25, 0.3) is 0 Å². The summed E-state index contributed by atoms with van der Waals surface area (Å²) in [7, 11) is -3.74. The number of nitrogens with zero attached hydrogens (tertiary/aromatic N) is 1. The minimum absolute atomic E-state index is 0. The van der Waals surface area contributed by atoms with Gasteiger partial charge in [-0.05, 0) is 26.1 Å². The Morgan fingerprint density at radius 2 is 1.00 bits per heavy atom. The Kier molecular flexibility index (Phi) is 26.5. The van der Waals surface area contributed by atoms with Crippen molar-refractivity contribution in [3.05, 3.63) is 0 Å². The summed E-state index contributed by atoms with van der Waals surface area (Å²) in [6.07, 6.45) is 12.0. The first-order chi connectivity index (χ1) is 10.9. The van der Waals surface area contributed by atoms with Crippen molar-refractivity contribution in [3.8, 4) is 0 Å². The zero-order chi connectivity index (χ0) is 18.0. The third-order valence-corrected chi connectivity index (χ3v) is 5.04. The molecule has 0 aromatic rings. The van der Waals surface area contributed by atoms with Crippen LogP contribution in [-0.2, 0) is 4.57 Å². The van der Waals surface area contributed by atoms with Gasteiger partial charge in [0.1, 0.15) is 0 Å². The quantitative estimate of drug-likeness (QED) is 0.261. The third kappa shape index (κ3) is 27.4. The molecular formula is C18H43BrNO3P. The molecular weight excluding hydrogens is 389 g/mol. The highest BCUT2D eigenvalue weighted by atomic mass is 79.9. The average Bonchev–Trinajstić information content (AvgIpc) is 2.50. The fraction of sp³-hybridized carbons (Fsp3) is 1.00. The SMILES string of the molecule is Br.CCCCCCCCCCCCP(=O)(O)O.CCN(CC)CC. The molecule has 0 saturated heterocycles. The summed E-state index contributed by atoms with van der Waals surface area (Å²) in [5, 5.41) is 0. The van der Waals surface area contributed by atoms with Crippen LogP contribution in [0.2, 0.25) is 0 Å². The van der Waals surface area contributed by atoms with E-state index in [0.29, 0.717) is 6.42 Å². The summed E-state index contributed by atoms with van der Waals surface area (Å²) >= 11 is 0. The van der Waals surface area contributed by atoms with E-state index in [1.165, 1.54) is 64.6 Å². The van der Waals surface area contributed by atoms with Crippen LogP contribution in [0.5, 0.6) is 0 Å². The van der Waals surface area contributed by atoms with Crippen LogP contribution in [0, 0.1) is 0 Å². The van der Waals surface area contributed by atoms with E-state index in [0.717, 1.165) is 12.8 Å². The summed E-state index contributed by atoms with van der Waals surface area (Å²) < 4.78 is 10.6. The van der Waals surface area contributed by atoms with Crippen LogP contribution in [0.4, 0.5) is 0 Å². The van der Waals surface area contributed by atoms with Crippen LogP contribution in [0.15, 0.2) is 0 Å². The second kappa shape index (κ2) is 21.6. The van der Waals surface area contributed by atoms with Crippen LogP contribution in [0.3, 0.4) is 0 Å². The summed E-state index contributed by atoms with van der Waals surface area (Å²) in [4.78, 5) is 19.7. The first kappa shape index (κ1) is 29.4. The molecule has 0 aliphatic rings. The second-order valence-corrected chi connectivity index (χ2v) is 7.97. The Hall–Kier alpha value is 0.590. The molecule has 2 N–H and O–H groups in total. The predicted octanol–water partition coefficient (Wildman–Crippen LogP) is 6.01. The van der Waals surface area contributed by atoms with Gasteiger partial charge in [-0.15, -0.1) is 17.0 Å². The van der Waals surface area contributed by atoms with Crippen molar-refractivity contribution >= 4 is 24.6 Å². The van der Waals surface area contributed by atoms with E-state index in [4.69, 9.17) is 9.79 Å². The third-order valence-electron chi connectivity index (χ3n) is 4.14. The summed E-state index contributed by atoms with van der Waals surface area (Å²) in [6, 6.07) is 0. The smallest absolute Gasteiger partial charge is 0.324 e. The zero-order valence-electron chi connectivity index (χ0n) is 16.5. The lowest BCUT2D eigenvalue weighted by Gasteiger charge is -2.13. The molecule has 0 aliphatic heterocycles. The van der Waals surface area contributed by atoms with Crippen LogP contribution < -0.4 is 0 Å². The molecule has 0 amide bonds. The molecule has 0 fully saturated rings. The minimum atomic E-state index is -3.74. The normalized spacial score (nSPS) is 11.0. The monoisotopic (exact) mass is 431 g/mol. The van der Waals surface area contributed by atoms with E-state index >= 15 is 0 Å². The van der Waals surface area contributed by atoms with Gasteiger partial charge in [0.2, 0.25) is 0 Å². The van der Waals surface area contributed by atoms with Gasteiger partial charge in [-0.25, -0.2) is 0 Å². The molecule has 0 saturated carbocycles. The highest BCUT2D eigenvalue weighted by Crippen LogP contribution is 2.35. The molecule has 0 spiro atoms. The standard InChI is InChI=1S/C12H27O3P.C6H15N.BrH/c1-2-3-4-5-6-7-8-9-10-11-12-16(13,14)15;1-4-7(5-2)6-3;/h2-12H2,1H3,(H2,13,14,15);4-6H2,1-3H3;1H. The lowest BCUT2D eigenvalue weighted by Crippen LogP contribution is -2.21. The molecule has 6 heteroatoms. The predicted molar refractivity (Wildman–Crippen MR) is 113 cm³/mol. The number of hydrogen-bond acceptors (Lipinski definition) is 2. The first-order valence-electron chi connectivity index (χ1n) is 9.68. The van der Waals surface area contributed by atoms with Gasteiger partial charge in [0.15, 0.2) is 0 Å². The van der Waals surface area contributed by atoms with E-state index in [9.17, 15) is 4.57 Å². The van der Waals surface area contributed by atoms with Crippen LogP contribution >= 0.6 is 24.6 Å². The molecule has 0 heterocycles. The maximum atomic E-state index is 10.6. The Balaban J connectivity index is -0.000000468. The van der Waals surface area contributed by atoms with Gasteiger partial charge >= 0.3 is 7.60 Å². The van der Waals surface area contributed by atoms with Gasteiger partial charge in [-0.2, -0.15) is 0 Å². The molecule has 0 rings (SSSR count). The molecule has 0 aromatic carbocycles. The molecule has 150 valence electrons. The molecule has 0 unspecified atom stereocenters. The lowest BCUT2D eigenvalue weighted by molar-refractivity contribution is 0.321. The maximum absolute atomic E-state index is 10.6. The van der Waals surface area contributed by atoms with Crippen molar-refractivity contribution < 1.29 is 14.4 Å². The lowest BCUT2D eigenvalue weighted by atomic mass is 10.1. The highest BCUT2D eigenvalue weighted by Gasteiger charge is 2.10. The largest absolute Gasteiger partial charge is 0.325 e. The molecule has 0 bridgehead atoms. The number of unbranched alkanes of at least 4 members (excludes halogenated alkanes) is 9. The first-order valence-corrected chi connectivity index (χ1v) is 11.5. The Labute approximate surface area is 161 Å². The van der Waals surface area contributed by atoms with Gasteiger partial charge in [-0.1, -0.05) is 85.5 Å².